The van der Waals surface area contributed by atoms with E-state index in [0.717, 1.165) is 0 Å². The molecule has 0 saturated carbocycles. The van der Waals surface area contributed by atoms with Crippen molar-refractivity contribution in [2.24, 2.45) is 0 Å². The molecule has 1 aromatic rings. The van der Waals surface area contributed by atoms with Crippen LogP contribution in [0.1, 0.15) is 6.92 Å². The van der Waals surface area contributed by atoms with E-state index in [0.29, 0.717) is 9.47 Å². The molecule has 1 rings (SSSR count). The maximum Gasteiger partial charge on any atom is 0.223 e. The van der Waals surface area contributed by atoms with Crippen molar-refractivity contribution in [3.63, 3.8) is 0 Å². The third kappa shape index (κ3) is 1.97. The average Bonchev–Trinajstić information content (AvgIpc) is 2.13. The van der Waals surface area contributed by atoms with E-state index in [9.17, 15) is 4.79 Å². The largest absolute Gasteiger partial charge is 0.302 e. The van der Waals surface area contributed by atoms with E-state index in [1.165, 1.54) is 24.5 Å². The third-order valence-corrected chi connectivity index (χ3v) is 1.79. The van der Waals surface area contributed by atoms with E-state index < -0.39 is 0 Å². The summed E-state index contributed by atoms with van der Waals surface area (Å²) in [6, 6.07) is 0. The van der Waals surface area contributed by atoms with Crippen LogP contribution in [0, 0.1) is 0 Å². The lowest BCUT2D eigenvalue weighted by Crippen LogP contribution is -2.04. The van der Waals surface area contributed by atoms with Crippen LogP contribution in [0.5, 0.6) is 0 Å². The van der Waals surface area contributed by atoms with Gasteiger partial charge in [0, 0.05) is 6.92 Å². The fourth-order valence-electron chi connectivity index (χ4n) is 0.463. The first kappa shape index (κ1) is 7.50. The summed E-state index contributed by atoms with van der Waals surface area (Å²) in [5.74, 6) is -0.133. The van der Waals surface area contributed by atoms with Crippen molar-refractivity contribution in [1.82, 2.24) is 4.98 Å². The van der Waals surface area contributed by atoms with E-state index >= 15 is 0 Å². The lowest BCUT2D eigenvalue weighted by atomic mass is 10.7. The predicted molar refractivity (Wildman–Crippen MR) is 41.4 cm³/mol. The molecule has 54 valence electrons. The molecule has 1 N–H and O–H groups in total. The van der Waals surface area contributed by atoms with Crippen LogP contribution in [-0.4, -0.2) is 10.9 Å². The highest BCUT2D eigenvalue weighted by molar-refractivity contribution is 7.19. The van der Waals surface area contributed by atoms with Gasteiger partial charge in [-0.15, -0.1) is 0 Å². The minimum Gasteiger partial charge on any atom is -0.302 e. The van der Waals surface area contributed by atoms with Gasteiger partial charge in [-0.2, -0.15) is 0 Å². The molecule has 0 aliphatic rings. The highest BCUT2D eigenvalue weighted by atomic mass is 35.5. The number of hydrogen-bond donors (Lipinski definition) is 1. The molecule has 0 atom stereocenters. The van der Waals surface area contributed by atoms with Gasteiger partial charge in [0.2, 0.25) is 5.91 Å². The Balaban J connectivity index is 2.67. The SMILES string of the molecule is CC(=O)Nc1ncc(Cl)s1. The summed E-state index contributed by atoms with van der Waals surface area (Å²) in [4.78, 5) is 14.2. The van der Waals surface area contributed by atoms with Gasteiger partial charge in [0.25, 0.3) is 0 Å². The number of aromatic nitrogens is 1. The average molecular weight is 177 g/mol. The number of thiazole rings is 1. The summed E-state index contributed by atoms with van der Waals surface area (Å²) in [5, 5.41) is 3.05. The second-order valence-electron chi connectivity index (χ2n) is 1.65. The Morgan fingerprint density at radius 3 is 3.00 bits per heavy atom. The monoisotopic (exact) mass is 176 g/mol. The normalized spacial score (nSPS) is 9.40. The molecule has 0 bridgehead atoms. The van der Waals surface area contributed by atoms with Crippen molar-refractivity contribution < 1.29 is 4.79 Å². The van der Waals surface area contributed by atoms with Crippen molar-refractivity contribution in [2.45, 2.75) is 6.92 Å². The maximum absolute atomic E-state index is 10.4. The summed E-state index contributed by atoms with van der Waals surface area (Å²) in [6.45, 7) is 1.43. The topological polar surface area (TPSA) is 42.0 Å². The highest BCUT2D eigenvalue weighted by Gasteiger charge is 1.99. The Bertz CT molecular complexity index is 248. The first-order valence-corrected chi connectivity index (χ1v) is 3.77. The Kier molecular flexibility index (Phi) is 2.24. The number of nitrogens with one attached hydrogen (secondary N) is 1. The molecule has 0 aliphatic carbocycles. The van der Waals surface area contributed by atoms with Gasteiger partial charge in [-0.25, -0.2) is 4.98 Å². The summed E-state index contributed by atoms with van der Waals surface area (Å²) in [7, 11) is 0. The van der Waals surface area contributed by atoms with Gasteiger partial charge in [0.15, 0.2) is 5.13 Å². The van der Waals surface area contributed by atoms with Gasteiger partial charge in [-0.05, 0) is 0 Å². The molecule has 5 heteroatoms. The Morgan fingerprint density at radius 2 is 2.60 bits per heavy atom. The summed E-state index contributed by atoms with van der Waals surface area (Å²) in [6.07, 6.45) is 1.50. The van der Waals surface area contributed by atoms with E-state index in [2.05, 4.69) is 10.3 Å². The van der Waals surface area contributed by atoms with E-state index in [4.69, 9.17) is 11.6 Å². The standard InChI is InChI=1S/C5H5ClN2OS/c1-3(9)8-5-7-2-4(6)10-5/h2H,1H3,(H,7,8,9). The lowest BCUT2D eigenvalue weighted by molar-refractivity contribution is -0.114. The van der Waals surface area contributed by atoms with Gasteiger partial charge in [-0.3, -0.25) is 4.79 Å². The minimum absolute atomic E-state index is 0.133. The lowest BCUT2D eigenvalue weighted by Gasteiger charge is -1.91. The third-order valence-electron chi connectivity index (χ3n) is 0.760. The van der Waals surface area contributed by atoms with Crippen LogP contribution in [0.15, 0.2) is 6.20 Å². The van der Waals surface area contributed by atoms with Gasteiger partial charge < -0.3 is 5.32 Å². The molecule has 0 saturated heterocycles. The molecule has 10 heavy (non-hydrogen) atoms. The zero-order chi connectivity index (χ0) is 7.56. The van der Waals surface area contributed by atoms with Gasteiger partial charge in [0.1, 0.15) is 4.34 Å². The Morgan fingerprint density at radius 1 is 1.90 bits per heavy atom. The number of carbonyl (C=O) groups excluding carboxylic acids is 1. The van der Waals surface area contributed by atoms with E-state index in [1.54, 1.807) is 0 Å². The molecule has 1 heterocycles. The molecule has 0 radical (unpaired) electrons. The summed E-state index contributed by atoms with van der Waals surface area (Å²) in [5.41, 5.74) is 0. The highest BCUT2D eigenvalue weighted by Crippen LogP contribution is 2.21. The summed E-state index contributed by atoms with van der Waals surface area (Å²) < 4.78 is 0.573. The molecule has 0 aromatic carbocycles. The van der Waals surface area contributed by atoms with Crippen molar-refractivity contribution in [1.29, 1.82) is 0 Å². The number of anilines is 1. The molecule has 0 unspecified atom stereocenters. The van der Waals surface area contributed by atoms with Crippen LogP contribution < -0.4 is 5.32 Å². The predicted octanol–water partition coefficient (Wildman–Crippen LogP) is 1.75. The van der Waals surface area contributed by atoms with Crippen molar-refractivity contribution in [3.8, 4) is 0 Å². The van der Waals surface area contributed by atoms with Crippen LogP contribution in [0.25, 0.3) is 0 Å². The fourth-order valence-corrected chi connectivity index (χ4v) is 1.32. The molecule has 1 aromatic heterocycles. The molecular formula is C5H5ClN2OS. The Hall–Kier alpha value is -0.610. The fraction of sp³-hybridized carbons (Fsp3) is 0.200. The van der Waals surface area contributed by atoms with Crippen LogP contribution in [-0.2, 0) is 4.79 Å². The zero-order valence-corrected chi connectivity index (χ0v) is 6.79. The molecule has 0 spiro atoms. The molecular weight excluding hydrogens is 172 g/mol. The second kappa shape index (κ2) is 2.98. The molecule has 0 fully saturated rings. The van der Waals surface area contributed by atoms with Crippen molar-refractivity contribution >= 4 is 34.0 Å². The Labute approximate surface area is 67.0 Å². The number of hydrogen-bond acceptors (Lipinski definition) is 3. The van der Waals surface area contributed by atoms with Crippen molar-refractivity contribution in [2.75, 3.05) is 5.32 Å². The second-order valence-corrected chi connectivity index (χ2v) is 3.31. The minimum atomic E-state index is -0.133. The smallest absolute Gasteiger partial charge is 0.223 e. The van der Waals surface area contributed by atoms with E-state index in [1.807, 2.05) is 0 Å². The number of amides is 1. The maximum atomic E-state index is 10.4. The number of halogens is 1. The quantitative estimate of drug-likeness (QED) is 0.709. The molecule has 1 amide bonds. The zero-order valence-electron chi connectivity index (χ0n) is 5.22. The van der Waals surface area contributed by atoms with Crippen LogP contribution in [0.3, 0.4) is 0 Å². The number of carbonyl (C=O) groups is 1. The number of rotatable bonds is 1. The van der Waals surface area contributed by atoms with Gasteiger partial charge in [-0.1, -0.05) is 22.9 Å². The van der Waals surface area contributed by atoms with Crippen LogP contribution in [0.4, 0.5) is 5.13 Å². The van der Waals surface area contributed by atoms with Gasteiger partial charge >= 0.3 is 0 Å². The van der Waals surface area contributed by atoms with Gasteiger partial charge in [0.05, 0.1) is 6.20 Å². The number of nitrogens with zero attached hydrogens (tertiary/aromatic N) is 1. The first-order valence-electron chi connectivity index (χ1n) is 2.57. The van der Waals surface area contributed by atoms with Crippen LogP contribution >= 0.6 is 22.9 Å². The molecule has 3 nitrogen and oxygen atoms in total. The van der Waals surface area contributed by atoms with E-state index in [-0.39, 0.29) is 5.91 Å². The first-order chi connectivity index (χ1) is 4.68. The summed E-state index contributed by atoms with van der Waals surface area (Å²) >= 11 is 6.79. The molecule has 0 aliphatic heterocycles. The van der Waals surface area contributed by atoms with Crippen LogP contribution in [0.2, 0.25) is 4.34 Å². The van der Waals surface area contributed by atoms with Crippen molar-refractivity contribution in [3.05, 3.63) is 10.5 Å².